The largest absolute Gasteiger partial charge is 0.496 e. The zero-order valence-electron chi connectivity index (χ0n) is 10.6. The second kappa shape index (κ2) is 7.25. The molecule has 0 aliphatic rings. The Morgan fingerprint density at radius 3 is 2.76 bits per heavy atom. The van der Waals surface area contributed by atoms with E-state index in [-0.39, 0.29) is 11.9 Å². The van der Waals surface area contributed by atoms with Crippen LogP contribution in [0.5, 0.6) is 5.75 Å². The lowest BCUT2D eigenvalue weighted by Gasteiger charge is -2.19. The number of methoxy groups -OCH3 is 1. The lowest BCUT2D eigenvalue weighted by Crippen LogP contribution is -2.23. The smallest absolute Gasteiger partial charge is 0.131 e. The predicted octanol–water partition coefficient (Wildman–Crippen LogP) is 2.52. The Balaban J connectivity index is 2.86. The Bertz CT molecular complexity index is 344. The highest BCUT2D eigenvalue weighted by Crippen LogP contribution is 2.27. The van der Waals surface area contributed by atoms with Crippen LogP contribution in [0.2, 0.25) is 0 Å². The fourth-order valence-corrected chi connectivity index (χ4v) is 1.69. The van der Waals surface area contributed by atoms with Gasteiger partial charge in [0, 0.05) is 12.2 Å². The molecule has 1 atom stereocenters. The number of rotatable bonds is 7. The average molecular weight is 241 g/mol. The van der Waals surface area contributed by atoms with Gasteiger partial charge in [-0.15, -0.1) is 0 Å². The molecule has 1 aromatic carbocycles. The third-order valence-electron chi connectivity index (χ3n) is 2.56. The van der Waals surface area contributed by atoms with Crippen molar-refractivity contribution < 1.29 is 13.9 Å². The van der Waals surface area contributed by atoms with Crippen LogP contribution in [0.1, 0.15) is 24.9 Å². The highest BCUT2D eigenvalue weighted by Gasteiger charge is 2.18. The van der Waals surface area contributed by atoms with Gasteiger partial charge in [-0.2, -0.15) is 0 Å². The lowest BCUT2D eigenvalue weighted by molar-refractivity contribution is 0.112. The first-order valence-corrected chi connectivity index (χ1v) is 5.82. The summed E-state index contributed by atoms with van der Waals surface area (Å²) < 4.78 is 24.4. The van der Waals surface area contributed by atoms with Crippen LogP contribution in [0.15, 0.2) is 18.2 Å². The minimum Gasteiger partial charge on any atom is -0.496 e. The Morgan fingerprint density at radius 1 is 1.41 bits per heavy atom. The molecule has 0 aliphatic carbocycles. The quantitative estimate of drug-likeness (QED) is 0.744. The van der Waals surface area contributed by atoms with Crippen LogP contribution < -0.4 is 10.1 Å². The molecule has 0 bridgehead atoms. The minimum atomic E-state index is -0.274. The van der Waals surface area contributed by atoms with Crippen molar-refractivity contribution in [3.8, 4) is 5.75 Å². The van der Waals surface area contributed by atoms with Crippen LogP contribution in [0, 0.1) is 5.82 Å². The topological polar surface area (TPSA) is 30.5 Å². The predicted molar refractivity (Wildman–Crippen MR) is 65.9 cm³/mol. The van der Waals surface area contributed by atoms with Crippen molar-refractivity contribution in [2.45, 2.75) is 19.4 Å². The zero-order valence-corrected chi connectivity index (χ0v) is 10.6. The number of nitrogens with one attached hydrogen (secondary N) is 1. The SMILES string of the molecule is CCCOCC(NC)c1c(F)cccc1OC. The summed E-state index contributed by atoms with van der Waals surface area (Å²) in [5, 5.41) is 3.05. The summed E-state index contributed by atoms with van der Waals surface area (Å²) >= 11 is 0. The van der Waals surface area contributed by atoms with Crippen molar-refractivity contribution in [1.82, 2.24) is 5.32 Å². The summed E-state index contributed by atoms with van der Waals surface area (Å²) in [6, 6.07) is 4.62. The summed E-state index contributed by atoms with van der Waals surface area (Å²) in [4.78, 5) is 0. The van der Waals surface area contributed by atoms with Crippen molar-refractivity contribution >= 4 is 0 Å². The molecule has 0 amide bonds. The molecule has 0 fully saturated rings. The second-order valence-corrected chi connectivity index (χ2v) is 3.77. The monoisotopic (exact) mass is 241 g/mol. The normalized spacial score (nSPS) is 12.5. The molecule has 1 rings (SSSR count). The number of hydrogen-bond acceptors (Lipinski definition) is 3. The van der Waals surface area contributed by atoms with Crippen LogP contribution >= 0.6 is 0 Å². The van der Waals surface area contributed by atoms with E-state index >= 15 is 0 Å². The number of hydrogen-bond donors (Lipinski definition) is 1. The Hall–Kier alpha value is -1.13. The maximum absolute atomic E-state index is 13.8. The van der Waals surface area contributed by atoms with Gasteiger partial charge >= 0.3 is 0 Å². The van der Waals surface area contributed by atoms with Crippen LogP contribution in [0.4, 0.5) is 4.39 Å². The molecule has 0 radical (unpaired) electrons. The van der Waals surface area contributed by atoms with Crippen molar-refractivity contribution in [3.05, 3.63) is 29.6 Å². The van der Waals surface area contributed by atoms with E-state index in [9.17, 15) is 4.39 Å². The lowest BCUT2D eigenvalue weighted by atomic mass is 10.1. The second-order valence-electron chi connectivity index (χ2n) is 3.77. The molecule has 0 aromatic heterocycles. The summed E-state index contributed by atoms with van der Waals surface area (Å²) in [5.41, 5.74) is 0.522. The molecule has 1 aromatic rings. The fraction of sp³-hybridized carbons (Fsp3) is 0.538. The van der Waals surface area contributed by atoms with Gasteiger partial charge in [0.2, 0.25) is 0 Å². The van der Waals surface area contributed by atoms with Crippen LogP contribution in [-0.4, -0.2) is 27.4 Å². The number of likely N-dealkylation sites (N-methyl/N-ethyl adjacent to an activating group) is 1. The molecule has 17 heavy (non-hydrogen) atoms. The van der Waals surface area contributed by atoms with Crippen LogP contribution in [-0.2, 0) is 4.74 Å². The molecule has 0 saturated carbocycles. The van der Waals surface area contributed by atoms with E-state index in [2.05, 4.69) is 5.32 Å². The number of ether oxygens (including phenoxy) is 2. The molecule has 0 aliphatic heterocycles. The molecule has 0 heterocycles. The molecule has 1 N–H and O–H groups in total. The summed E-state index contributed by atoms with van der Waals surface area (Å²) in [6.45, 7) is 3.15. The van der Waals surface area contributed by atoms with E-state index in [0.29, 0.717) is 24.5 Å². The van der Waals surface area contributed by atoms with E-state index in [1.807, 2.05) is 6.92 Å². The summed E-state index contributed by atoms with van der Waals surface area (Å²) in [6.07, 6.45) is 0.949. The van der Waals surface area contributed by atoms with Gasteiger partial charge in [0.25, 0.3) is 0 Å². The van der Waals surface area contributed by atoms with E-state index in [1.165, 1.54) is 13.2 Å². The first-order chi connectivity index (χ1) is 8.24. The Labute approximate surface area is 102 Å². The van der Waals surface area contributed by atoms with Crippen molar-refractivity contribution in [1.29, 1.82) is 0 Å². The van der Waals surface area contributed by atoms with E-state index in [4.69, 9.17) is 9.47 Å². The summed E-state index contributed by atoms with van der Waals surface area (Å²) in [7, 11) is 3.32. The van der Waals surface area contributed by atoms with Crippen molar-refractivity contribution in [2.24, 2.45) is 0 Å². The number of benzene rings is 1. The van der Waals surface area contributed by atoms with Crippen molar-refractivity contribution in [2.75, 3.05) is 27.4 Å². The van der Waals surface area contributed by atoms with E-state index < -0.39 is 0 Å². The minimum absolute atomic E-state index is 0.197. The molecule has 4 heteroatoms. The fourth-order valence-electron chi connectivity index (χ4n) is 1.69. The maximum atomic E-state index is 13.8. The molecule has 0 saturated heterocycles. The molecule has 96 valence electrons. The third kappa shape index (κ3) is 3.68. The highest BCUT2D eigenvalue weighted by molar-refractivity contribution is 5.37. The molecular formula is C13H20FNO2. The average Bonchev–Trinajstić information content (AvgIpc) is 2.35. The highest BCUT2D eigenvalue weighted by atomic mass is 19.1. The first kappa shape index (κ1) is 13.9. The van der Waals surface area contributed by atoms with Gasteiger partial charge in [-0.25, -0.2) is 4.39 Å². The molecule has 1 unspecified atom stereocenters. The summed E-state index contributed by atoms with van der Waals surface area (Å²) in [5.74, 6) is 0.272. The molecule has 3 nitrogen and oxygen atoms in total. The number of halogens is 1. The van der Waals surface area contributed by atoms with Crippen LogP contribution in [0.25, 0.3) is 0 Å². The van der Waals surface area contributed by atoms with Gasteiger partial charge in [-0.1, -0.05) is 13.0 Å². The molecule has 0 spiro atoms. The van der Waals surface area contributed by atoms with Crippen LogP contribution in [0.3, 0.4) is 0 Å². The van der Waals surface area contributed by atoms with Crippen molar-refractivity contribution in [3.63, 3.8) is 0 Å². The first-order valence-electron chi connectivity index (χ1n) is 5.82. The van der Waals surface area contributed by atoms with Gasteiger partial charge in [-0.05, 0) is 25.6 Å². The standard InChI is InChI=1S/C13H20FNO2/c1-4-8-17-9-11(15-2)13-10(14)6-5-7-12(13)16-3/h5-7,11,15H,4,8-9H2,1-3H3. The Morgan fingerprint density at radius 2 is 2.18 bits per heavy atom. The van der Waals surface area contributed by atoms with Gasteiger partial charge in [-0.3, -0.25) is 0 Å². The van der Waals surface area contributed by atoms with Gasteiger partial charge in [0.05, 0.1) is 19.8 Å². The third-order valence-corrected chi connectivity index (χ3v) is 2.56. The van der Waals surface area contributed by atoms with E-state index in [0.717, 1.165) is 6.42 Å². The van der Waals surface area contributed by atoms with Gasteiger partial charge in [0.15, 0.2) is 0 Å². The van der Waals surface area contributed by atoms with Gasteiger partial charge in [0.1, 0.15) is 11.6 Å². The van der Waals surface area contributed by atoms with E-state index in [1.54, 1.807) is 19.2 Å². The Kier molecular flexibility index (Phi) is 5.94. The zero-order chi connectivity index (χ0) is 12.7. The maximum Gasteiger partial charge on any atom is 0.131 e. The van der Waals surface area contributed by atoms with Gasteiger partial charge < -0.3 is 14.8 Å². The molecular weight excluding hydrogens is 221 g/mol.